The lowest BCUT2D eigenvalue weighted by Crippen LogP contribution is -2.38. The smallest absolute Gasteiger partial charge is 0.146 e. The standard InChI is InChI=1S/C15H23FN2/c1-3-18-14(12-7-10-17-11-13(12)16)15(2)8-5-4-6-9-15/h7,10-11,14,18H,3-6,8-9H2,1-2H3. The van der Waals surface area contributed by atoms with Gasteiger partial charge in [0.2, 0.25) is 0 Å². The minimum absolute atomic E-state index is 0.103. The van der Waals surface area contributed by atoms with E-state index in [9.17, 15) is 4.39 Å². The molecule has 18 heavy (non-hydrogen) atoms. The van der Waals surface area contributed by atoms with Gasteiger partial charge in [-0.1, -0.05) is 33.1 Å². The first kappa shape index (κ1) is 13.5. The second-order valence-corrected chi connectivity index (χ2v) is 5.60. The van der Waals surface area contributed by atoms with Crippen LogP contribution in [0.15, 0.2) is 18.5 Å². The van der Waals surface area contributed by atoms with Gasteiger partial charge < -0.3 is 5.32 Å². The van der Waals surface area contributed by atoms with Crippen LogP contribution < -0.4 is 5.32 Å². The molecule has 1 aromatic rings. The normalized spacial score (nSPS) is 20.6. The Kier molecular flexibility index (Phi) is 4.33. The van der Waals surface area contributed by atoms with Gasteiger partial charge in [-0.2, -0.15) is 0 Å². The van der Waals surface area contributed by atoms with Crippen molar-refractivity contribution in [2.45, 2.75) is 52.0 Å². The number of aromatic nitrogens is 1. The molecule has 0 aromatic carbocycles. The van der Waals surface area contributed by atoms with E-state index in [-0.39, 0.29) is 17.3 Å². The fraction of sp³-hybridized carbons (Fsp3) is 0.667. The molecule has 1 heterocycles. The van der Waals surface area contributed by atoms with E-state index < -0.39 is 0 Å². The summed E-state index contributed by atoms with van der Waals surface area (Å²) in [5, 5.41) is 3.48. The van der Waals surface area contributed by atoms with Crippen molar-refractivity contribution in [2.75, 3.05) is 6.54 Å². The molecule has 0 aliphatic heterocycles. The maximum atomic E-state index is 14.0. The summed E-state index contributed by atoms with van der Waals surface area (Å²) < 4.78 is 14.0. The van der Waals surface area contributed by atoms with Crippen LogP contribution in [0.25, 0.3) is 0 Å². The fourth-order valence-electron chi connectivity index (χ4n) is 3.20. The highest BCUT2D eigenvalue weighted by molar-refractivity contribution is 5.20. The third kappa shape index (κ3) is 2.72. The summed E-state index contributed by atoms with van der Waals surface area (Å²) in [5.41, 5.74) is 0.937. The molecule has 1 fully saturated rings. The summed E-state index contributed by atoms with van der Waals surface area (Å²) in [7, 11) is 0. The zero-order valence-corrected chi connectivity index (χ0v) is 11.4. The number of nitrogens with zero attached hydrogens (tertiary/aromatic N) is 1. The molecule has 1 aliphatic carbocycles. The zero-order valence-electron chi connectivity index (χ0n) is 11.4. The molecule has 2 rings (SSSR count). The number of rotatable bonds is 4. The maximum Gasteiger partial charge on any atom is 0.146 e. The van der Waals surface area contributed by atoms with Crippen LogP contribution in [0.2, 0.25) is 0 Å². The van der Waals surface area contributed by atoms with E-state index >= 15 is 0 Å². The predicted octanol–water partition coefficient (Wildman–Crippen LogP) is 3.84. The van der Waals surface area contributed by atoms with Gasteiger partial charge in [0.05, 0.1) is 6.20 Å². The largest absolute Gasteiger partial charge is 0.310 e. The molecule has 0 radical (unpaired) electrons. The van der Waals surface area contributed by atoms with Gasteiger partial charge in [-0.3, -0.25) is 4.98 Å². The van der Waals surface area contributed by atoms with Gasteiger partial charge in [0, 0.05) is 17.8 Å². The fourth-order valence-corrected chi connectivity index (χ4v) is 3.20. The van der Waals surface area contributed by atoms with Crippen LogP contribution in [0.4, 0.5) is 4.39 Å². The summed E-state index contributed by atoms with van der Waals surface area (Å²) >= 11 is 0. The van der Waals surface area contributed by atoms with Crippen molar-refractivity contribution in [3.8, 4) is 0 Å². The predicted molar refractivity (Wildman–Crippen MR) is 71.8 cm³/mol. The molecule has 1 aromatic heterocycles. The third-order valence-electron chi connectivity index (χ3n) is 4.22. The monoisotopic (exact) mass is 250 g/mol. The summed E-state index contributed by atoms with van der Waals surface area (Å²) in [5.74, 6) is -0.185. The molecule has 100 valence electrons. The van der Waals surface area contributed by atoms with E-state index in [4.69, 9.17) is 0 Å². The molecule has 1 saturated carbocycles. The number of halogens is 1. The second kappa shape index (κ2) is 5.79. The van der Waals surface area contributed by atoms with Gasteiger partial charge in [0.1, 0.15) is 5.82 Å². The van der Waals surface area contributed by atoms with Crippen molar-refractivity contribution in [3.63, 3.8) is 0 Å². The van der Waals surface area contributed by atoms with E-state index in [0.717, 1.165) is 12.1 Å². The quantitative estimate of drug-likeness (QED) is 0.878. The van der Waals surface area contributed by atoms with Gasteiger partial charge in [-0.05, 0) is 30.9 Å². The Morgan fingerprint density at radius 3 is 2.72 bits per heavy atom. The number of hydrogen-bond acceptors (Lipinski definition) is 2. The third-order valence-corrected chi connectivity index (χ3v) is 4.22. The van der Waals surface area contributed by atoms with Crippen LogP contribution in [0.3, 0.4) is 0 Å². The highest BCUT2D eigenvalue weighted by Crippen LogP contribution is 2.45. The summed E-state index contributed by atoms with van der Waals surface area (Å²) in [6.07, 6.45) is 9.18. The minimum atomic E-state index is -0.185. The molecule has 1 N–H and O–H groups in total. The molecular formula is C15H23FN2. The van der Waals surface area contributed by atoms with Crippen LogP contribution in [-0.2, 0) is 0 Å². The average molecular weight is 250 g/mol. The Bertz CT molecular complexity index is 386. The summed E-state index contributed by atoms with van der Waals surface area (Å²) in [6.45, 7) is 5.24. The SMILES string of the molecule is CCNC(c1ccncc1F)C1(C)CCCCC1. The number of hydrogen-bond donors (Lipinski definition) is 1. The number of pyridine rings is 1. The Morgan fingerprint density at radius 1 is 1.39 bits per heavy atom. The highest BCUT2D eigenvalue weighted by atomic mass is 19.1. The van der Waals surface area contributed by atoms with E-state index in [2.05, 4.69) is 24.1 Å². The molecule has 3 heteroatoms. The van der Waals surface area contributed by atoms with Gasteiger partial charge in [0.15, 0.2) is 0 Å². The topological polar surface area (TPSA) is 24.9 Å². The first-order chi connectivity index (χ1) is 8.67. The lowest BCUT2D eigenvalue weighted by atomic mass is 9.68. The molecular weight excluding hydrogens is 227 g/mol. The van der Waals surface area contributed by atoms with Crippen molar-refractivity contribution in [1.82, 2.24) is 10.3 Å². The Labute approximate surface area is 109 Å². The van der Waals surface area contributed by atoms with E-state index in [1.54, 1.807) is 6.20 Å². The van der Waals surface area contributed by atoms with E-state index in [1.807, 2.05) is 6.07 Å². The van der Waals surface area contributed by atoms with Crippen LogP contribution in [0.1, 0.15) is 57.6 Å². The molecule has 1 unspecified atom stereocenters. The summed E-state index contributed by atoms with van der Waals surface area (Å²) in [6, 6.07) is 1.92. The van der Waals surface area contributed by atoms with E-state index in [1.165, 1.54) is 38.3 Å². The van der Waals surface area contributed by atoms with Crippen molar-refractivity contribution in [3.05, 3.63) is 29.8 Å². The number of nitrogens with one attached hydrogen (secondary N) is 1. The molecule has 2 nitrogen and oxygen atoms in total. The molecule has 0 spiro atoms. The lowest BCUT2D eigenvalue weighted by Gasteiger charge is -2.41. The molecule has 1 aliphatic rings. The van der Waals surface area contributed by atoms with Gasteiger partial charge >= 0.3 is 0 Å². The van der Waals surface area contributed by atoms with Crippen molar-refractivity contribution >= 4 is 0 Å². The molecule has 0 amide bonds. The minimum Gasteiger partial charge on any atom is -0.310 e. The zero-order chi connectivity index (χ0) is 13.0. The van der Waals surface area contributed by atoms with Gasteiger partial charge in [0.25, 0.3) is 0 Å². The van der Waals surface area contributed by atoms with Crippen LogP contribution >= 0.6 is 0 Å². The second-order valence-electron chi connectivity index (χ2n) is 5.60. The lowest BCUT2D eigenvalue weighted by molar-refractivity contribution is 0.143. The first-order valence-electron chi connectivity index (χ1n) is 7.00. The maximum absolute atomic E-state index is 14.0. The van der Waals surface area contributed by atoms with Gasteiger partial charge in [-0.15, -0.1) is 0 Å². The molecule has 1 atom stereocenters. The van der Waals surface area contributed by atoms with Crippen molar-refractivity contribution in [1.29, 1.82) is 0 Å². The Hall–Kier alpha value is -0.960. The Morgan fingerprint density at radius 2 is 2.11 bits per heavy atom. The Balaban J connectivity index is 2.30. The highest BCUT2D eigenvalue weighted by Gasteiger charge is 2.37. The molecule has 0 saturated heterocycles. The average Bonchev–Trinajstić information content (AvgIpc) is 2.38. The summed E-state index contributed by atoms with van der Waals surface area (Å²) in [4.78, 5) is 3.85. The van der Waals surface area contributed by atoms with Crippen LogP contribution in [0, 0.1) is 11.2 Å². The van der Waals surface area contributed by atoms with E-state index in [0.29, 0.717) is 0 Å². The van der Waals surface area contributed by atoms with Crippen LogP contribution in [-0.4, -0.2) is 11.5 Å². The first-order valence-corrected chi connectivity index (χ1v) is 7.00. The van der Waals surface area contributed by atoms with Gasteiger partial charge in [-0.25, -0.2) is 4.39 Å². The molecule has 0 bridgehead atoms. The van der Waals surface area contributed by atoms with Crippen molar-refractivity contribution in [2.24, 2.45) is 5.41 Å². The van der Waals surface area contributed by atoms with Crippen molar-refractivity contribution < 1.29 is 4.39 Å². The van der Waals surface area contributed by atoms with Crippen LogP contribution in [0.5, 0.6) is 0 Å².